The van der Waals surface area contributed by atoms with Crippen LogP contribution in [0, 0.1) is 17.7 Å². The van der Waals surface area contributed by atoms with Gasteiger partial charge in [0.1, 0.15) is 5.82 Å². The molecule has 22 heavy (non-hydrogen) atoms. The van der Waals surface area contributed by atoms with E-state index in [1.165, 1.54) is 6.07 Å². The second-order valence-electron chi connectivity index (χ2n) is 6.68. The van der Waals surface area contributed by atoms with E-state index >= 15 is 0 Å². The van der Waals surface area contributed by atoms with Gasteiger partial charge in [-0.3, -0.25) is 0 Å². The SMILES string of the molecule is O=C(NCCc1ccccc1F)N1[C@@H]2CC[C@H]1[C@H]1CNC[C@H]12. The number of halogens is 1. The summed E-state index contributed by atoms with van der Waals surface area (Å²) in [6, 6.07) is 7.60. The molecule has 3 fully saturated rings. The lowest BCUT2D eigenvalue weighted by molar-refractivity contribution is 0.185. The topological polar surface area (TPSA) is 44.4 Å². The predicted molar refractivity (Wildman–Crippen MR) is 82.0 cm³/mol. The predicted octanol–water partition coefficient (Wildman–Crippen LogP) is 1.76. The number of carbonyl (C=O) groups excluding carboxylic acids is 1. The average Bonchev–Trinajstić information content (AvgIpc) is 3.20. The van der Waals surface area contributed by atoms with Crippen LogP contribution in [-0.4, -0.2) is 42.6 Å². The van der Waals surface area contributed by atoms with Crippen molar-refractivity contribution in [3.8, 4) is 0 Å². The molecule has 0 spiro atoms. The molecule has 0 aliphatic carbocycles. The van der Waals surface area contributed by atoms with Crippen LogP contribution in [0.25, 0.3) is 0 Å². The first-order valence-electron chi connectivity index (χ1n) is 8.26. The third kappa shape index (κ3) is 2.19. The molecule has 0 radical (unpaired) electrons. The van der Waals surface area contributed by atoms with Gasteiger partial charge in [-0.2, -0.15) is 0 Å². The van der Waals surface area contributed by atoms with Crippen molar-refractivity contribution in [1.29, 1.82) is 0 Å². The van der Waals surface area contributed by atoms with Crippen molar-refractivity contribution in [3.05, 3.63) is 35.6 Å². The lowest BCUT2D eigenvalue weighted by atomic mass is 9.82. The minimum absolute atomic E-state index is 0.0400. The van der Waals surface area contributed by atoms with Crippen LogP contribution in [0.4, 0.5) is 9.18 Å². The summed E-state index contributed by atoms with van der Waals surface area (Å²) in [6.07, 6.45) is 2.80. The van der Waals surface area contributed by atoms with Crippen molar-refractivity contribution in [3.63, 3.8) is 0 Å². The summed E-state index contributed by atoms with van der Waals surface area (Å²) in [4.78, 5) is 14.6. The molecular weight excluding hydrogens is 281 g/mol. The van der Waals surface area contributed by atoms with E-state index in [-0.39, 0.29) is 11.8 Å². The number of nitrogens with one attached hydrogen (secondary N) is 2. The Balaban J connectivity index is 1.35. The van der Waals surface area contributed by atoms with Gasteiger partial charge in [-0.15, -0.1) is 0 Å². The number of benzene rings is 1. The highest BCUT2D eigenvalue weighted by atomic mass is 19.1. The summed E-state index contributed by atoms with van der Waals surface area (Å²) in [5, 5.41) is 6.45. The fraction of sp³-hybridized carbons (Fsp3) is 0.588. The third-order valence-corrected chi connectivity index (χ3v) is 5.63. The van der Waals surface area contributed by atoms with Crippen LogP contribution in [0.5, 0.6) is 0 Å². The van der Waals surface area contributed by atoms with Gasteiger partial charge in [-0.25, -0.2) is 9.18 Å². The zero-order valence-electron chi connectivity index (χ0n) is 12.6. The Morgan fingerprint density at radius 2 is 1.91 bits per heavy atom. The van der Waals surface area contributed by atoms with E-state index in [2.05, 4.69) is 15.5 Å². The van der Waals surface area contributed by atoms with Gasteiger partial charge >= 0.3 is 6.03 Å². The van der Waals surface area contributed by atoms with Gasteiger partial charge in [0.05, 0.1) is 0 Å². The van der Waals surface area contributed by atoms with E-state index in [0.29, 0.717) is 42.4 Å². The van der Waals surface area contributed by atoms with Crippen LogP contribution in [0.1, 0.15) is 18.4 Å². The molecule has 5 heteroatoms. The van der Waals surface area contributed by atoms with Gasteiger partial charge in [0, 0.05) is 31.7 Å². The number of amides is 2. The second-order valence-corrected chi connectivity index (χ2v) is 6.68. The number of fused-ring (bicyclic) bond motifs is 5. The Labute approximate surface area is 130 Å². The smallest absolute Gasteiger partial charge is 0.317 e. The van der Waals surface area contributed by atoms with E-state index in [1.54, 1.807) is 12.1 Å². The van der Waals surface area contributed by atoms with Crippen LogP contribution in [0.3, 0.4) is 0 Å². The Hall–Kier alpha value is -1.62. The van der Waals surface area contributed by atoms with Crippen LogP contribution in [0.2, 0.25) is 0 Å². The van der Waals surface area contributed by atoms with E-state index < -0.39 is 0 Å². The molecule has 4 rings (SSSR count). The largest absolute Gasteiger partial charge is 0.338 e. The van der Waals surface area contributed by atoms with E-state index in [1.807, 2.05) is 6.07 Å². The molecule has 4 nitrogen and oxygen atoms in total. The van der Waals surface area contributed by atoms with Crippen molar-refractivity contribution in [2.24, 2.45) is 11.8 Å². The number of nitrogens with zero attached hydrogens (tertiary/aromatic N) is 1. The zero-order chi connectivity index (χ0) is 15.1. The third-order valence-electron chi connectivity index (χ3n) is 5.63. The summed E-state index contributed by atoms with van der Waals surface area (Å²) < 4.78 is 13.6. The number of hydrogen-bond donors (Lipinski definition) is 2. The van der Waals surface area contributed by atoms with Gasteiger partial charge in [0.15, 0.2) is 0 Å². The molecule has 118 valence electrons. The van der Waals surface area contributed by atoms with Crippen molar-refractivity contribution < 1.29 is 9.18 Å². The summed E-state index contributed by atoms with van der Waals surface area (Å²) in [5.41, 5.74) is 0.660. The zero-order valence-corrected chi connectivity index (χ0v) is 12.6. The molecule has 4 atom stereocenters. The second kappa shape index (κ2) is 5.54. The Morgan fingerprint density at radius 3 is 2.59 bits per heavy atom. The number of rotatable bonds is 3. The van der Waals surface area contributed by atoms with Crippen molar-refractivity contribution >= 4 is 6.03 Å². The first-order chi connectivity index (χ1) is 10.8. The molecule has 3 aliphatic heterocycles. The minimum Gasteiger partial charge on any atom is -0.338 e. The van der Waals surface area contributed by atoms with Gasteiger partial charge in [-0.05, 0) is 42.7 Å². The fourth-order valence-corrected chi connectivity index (χ4v) is 4.67. The Kier molecular flexibility index (Phi) is 3.53. The van der Waals surface area contributed by atoms with Crippen LogP contribution >= 0.6 is 0 Å². The standard InChI is InChI=1S/C17H22FN3O/c18-14-4-2-1-3-11(14)7-8-20-17(22)21-15-5-6-16(21)13-10-19-9-12(13)15/h1-4,12-13,15-16,19H,5-10H2,(H,20,22)/t12-,13+,15-,16+. The molecule has 2 N–H and O–H groups in total. The van der Waals surface area contributed by atoms with Crippen molar-refractivity contribution in [2.45, 2.75) is 31.3 Å². The highest BCUT2D eigenvalue weighted by molar-refractivity contribution is 5.76. The van der Waals surface area contributed by atoms with Gasteiger partial charge in [-0.1, -0.05) is 18.2 Å². The first kappa shape index (κ1) is 14.0. The number of urea groups is 1. The minimum atomic E-state index is -0.196. The lowest BCUT2D eigenvalue weighted by Gasteiger charge is -2.25. The maximum absolute atomic E-state index is 13.6. The monoisotopic (exact) mass is 303 g/mol. The van der Waals surface area contributed by atoms with Crippen LogP contribution < -0.4 is 10.6 Å². The van der Waals surface area contributed by atoms with Crippen molar-refractivity contribution in [2.75, 3.05) is 19.6 Å². The highest BCUT2D eigenvalue weighted by Crippen LogP contribution is 2.47. The maximum Gasteiger partial charge on any atom is 0.317 e. The summed E-state index contributed by atoms with van der Waals surface area (Å²) in [7, 11) is 0. The average molecular weight is 303 g/mol. The summed E-state index contributed by atoms with van der Waals surface area (Å²) >= 11 is 0. The van der Waals surface area contributed by atoms with Gasteiger partial charge < -0.3 is 15.5 Å². The van der Waals surface area contributed by atoms with Crippen LogP contribution in [-0.2, 0) is 6.42 Å². The fourth-order valence-electron chi connectivity index (χ4n) is 4.67. The summed E-state index contributed by atoms with van der Waals surface area (Å²) in [6.45, 7) is 2.58. The molecule has 1 aromatic carbocycles. The molecular formula is C17H22FN3O. The Bertz CT molecular complexity index is 561. The van der Waals surface area contributed by atoms with E-state index in [9.17, 15) is 9.18 Å². The molecule has 3 aliphatic rings. The van der Waals surface area contributed by atoms with Gasteiger partial charge in [0.2, 0.25) is 0 Å². The number of hydrogen-bond acceptors (Lipinski definition) is 2. The molecule has 2 bridgehead atoms. The van der Waals surface area contributed by atoms with E-state index in [0.717, 1.165) is 25.9 Å². The number of carbonyl (C=O) groups is 1. The normalized spacial score (nSPS) is 32.3. The van der Waals surface area contributed by atoms with E-state index in [4.69, 9.17) is 0 Å². The first-order valence-corrected chi connectivity index (χ1v) is 8.26. The summed E-state index contributed by atoms with van der Waals surface area (Å²) in [5.74, 6) is 1.07. The molecule has 0 unspecified atom stereocenters. The molecule has 3 saturated heterocycles. The molecule has 2 amide bonds. The highest BCUT2D eigenvalue weighted by Gasteiger charge is 2.56. The quantitative estimate of drug-likeness (QED) is 0.894. The molecule has 0 saturated carbocycles. The molecule has 0 aromatic heterocycles. The van der Waals surface area contributed by atoms with Crippen molar-refractivity contribution in [1.82, 2.24) is 15.5 Å². The molecule has 3 heterocycles. The molecule has 1 aromatic rings. The lowest BCUT2D eigenvalue weighted by Crippen LogP contribution is -2.45. The maximum atomic E-state index is 13.6. The van der Waals surface area contributed by atoms with Crippen LogP contribution in [0.15, 0.2) is 24.3 Å². The Morgan fingerprint density at radius 1 is 1.23 bits per heavy atom. The van der Waals surface area contributed by atoms with Gasteiger partial charge in [0.25, 0.3) is 0 Å².